The zero-order valence-electron chi connectivity index (χ0n) is 16.1. The van der Waals surface area contributed by atoms with Gasteiger partial charge < -0.3 is 20.2 Å². The summed E-state index contributed by atoms with van der Waals surface area (Å²) < 4.78 is 0. The van der Waals surface area contributed by atoms with Crippen LogP contribution in [0.15, 0.2) is 54.6 Å². The van der Waals surface area contributed by atoms with Gasteiger partial charge in [-0.1, -0.05) is 67.1 Å². The van der Waals surface area contributed by atoms with Gasteiger partial charge in [0, 0.05) is 12.5 Å². The first kappa shape index (κ1) is 22.3. The van der Waals surface area contributed by atoms with Gasteiger partial charge in [-0.25, -0.2) is 9.59 Å². The van der Waals surface area contributed by atoms with Crippen molar-refractivity contribution in [3.63, 3.8) is 0 Å². The lowest BCUT2D eigenvalue weighted by Gasteiger charge is -2.37. The normalized spacial score (nSPS) is 13.9. The minimum atomic E-state index is -1.82. The number of rotatable bonds is 5. The SMILES string of the molecule is Cc1ccc(C(O)(c2ccccc2)C(C)CN(C)C)cc1.O=C(O)C(=O)O. The minimum Gasteiger partial charge on any atom is -0.473 e. The molecule has 0 aliphatic rings. The summed E-state index contributed by atoms with van der Waals surface area (Å²) in [6.07, 6.45) is 0. The van der Waals surface area contributed by atoms with Gasteiger partial charge in [-0.05, 0) is 32.1 Å². The van der Waals surface area contributed by atoms with Crippen molar-refractivity contribution in [2.75, 3.05) is 20.6 Å². The Bertz CT molecular complexity index is 731. The smallest absolute Gasteiger partial charge is 0.414 e. The van der Waals surface area contributed by atoms with Crippen molar-refractivity contribution >= 4 is 11.9 Å². The van der Waals surface area contributed by atoms with Crippen LogP contribution >= 0.6 is 0 Å². The predicted molar refractivity (Wildman–Crippen MR) is 104 cm³/mol. The van der Waals surface area contributed by atoms with Gasteiger partial charge in [0.25, 0.3) is 0 Å². The van der Waals surface area contributed by atoms with Gasteiger partial charge in [0.1, 0.15) is 5.60 Å². The van der Waals surface area contributed by atoms with Crippen LogP contribution in [0.4, 0.5) is 0 Å². The van der Waals surface area contributed by atoms with Crippen LogP contribution in [0.3, 0.4) is 0 Å². The Morgan fingerprint density at radius 1 is 0.926 bits per heavy atom. The Kier molecular flexibility index (Phi) is 8.15. The Morgan fingerprint density at radius 3 is 1.78 bits per heavy atom. The lowest BCUT2D eigenvalue weighted by molar-refractivity contribution is -0.159. The molecule has 27 heavy (non-hydrogen) atoms. The van der Waals surface area contributed by atoms with Crippen LogP contribution in [-0.4, -0.2) is 52.8 Å². The maximum Gasteiger partial charge on any atom is 0.414 e. The number of aryl methyl sites for hydroxylation is 1. The van der Waals surface area contributed by atoms with Crippen molar-refractivity contribution in [3.8, 4) is 0 Å². The zero-order valence-corrected chi connectivity index (χ0v) is 16.1. The summed E-state index contributed by atoms with van der Waals surface area (Å²) in [4.78, 5) is 20.3. The fourth-order valence-electron chi connectivity index (χ4n) is 2.92. The van der Waals surface area contributed by atoms with Crippen LogP contribution in [0.5, 0.6) is 0 Å². The Morgan fingerprint density at radius 2 is 1.37 bits per heavy atom. The molecule has 0 saturated carbocycles. The Balaban J connectivity index is 0.000000527. The first-order chi connectivity index (χ1) is 12.6. The summed E-state index contributed by atoms with van der Waals surface area (Å²) >= 11 is 0. The molecule has 0 heterocycles. The fourth-order valence-corrected chi connectivity index (χ4v) is 2.92. The second kappa shape index (κ2) is 9.85. The third kappa shape index (κ3) is 6.20. The standard InChI is InChI=1S/C19H25NO.C2H2O4/c1-15-10-12-18(13-11-15)19(21,16(2)14-20(3)4)17-8-6-5-7-9-17;3-1(4)2(5)6/h5-13,16,21H,14H2,1-4H3;(H,3,4)(H,5,6). The highest BCUT2D eigenvalue weighted by atomic mass is 16.4. The number of benzene rings is 2. The molecule has 0 fully saturated rings. The number of hydrogen-bond acceptors (Lipinski definition) is 4. The maximum atomic E-state index is 11.5. The van der Waals surface area contributed by atoms with E-state index in [1.807, 2.05) is 56.6 Å². The van der Waals surface area contributed by atoms with Crippen molar-refractivity contribution in [1.82, 2.24) is 4.90 Å². The van der Waals surface area contributed by atoms with Crippen LogP contribution < -0.4 is 0 Å². The van der Waals surface area contributed by atoms with E-state index in [9.17, 15) is 5.11 Å². The van der Waals surface area contributed by atoms with Gasteiger partial charge in [-0.3, -0.25) is 0 Å². The molecule has 6 nitrogen and oxygen atoms in total. The van der Waals surface area contributed by atoms with Crippen LogP contribution in [0.2, 0.25) is 0 Å². The van der Waals surface area contributed by atoms with Crippen molar-refractivity contribution < 1.29 is 24.9 Å². The summed E-state index contributed by atoms with van der Waals surface area (Å²) in [7, 11) is 4.08. The van der Waals surface area contributed by atoms with Crippen molar-refractivity contribution in [2.24, 2.45) is 5.92 Å². The molecule has 0 bridgehead atoms. The first-order valence-corrected chi connectivity index (χ1v) is 8.55. The average Bonchev–Trinajstić information content (AvgIpc) is 2.62. The van der Waals surface area contributed by atoms with Gasteiger partial charge in [-0.2, -0.15) is 0 Å². The molecule has 0 aliphatic carbocycles. The van der Waals surface area contributed by atoms with Gasteiger partial charge in [0.15, 0.2) is 0 Å². The molecular weight excluding hydrogens is 346 g/mol. The zero-order chi connectivity index (χ0) is 20.6. The molecule has 0 radical (unpaired) electrons. The fraction of sp³-hybridized carbons (Fsp3) is 0.333. The van der Waals surface area contributed by atoms with Crippen LogP contribution in [0.1, 0.15) is 23.6 Å². The average molecular weight is 373 g/mol. The number of aliphatic hydroxyl groups is 1. The van der Waals surface area contributed by atoms with E-state index in [1.54, 1.807) is 0 Å². The van der Waals surface area contributed by atoms with Crippen molar-refractivity contribution in [3.05, 3.63) is 71.3 Å². The highest BCUT2D eigenvalue weighted by Crippen LogP contribution is 2.37. The first-order valence-electron chi connectivity index (χ1n) is 8.55. The molecule has 2 aromatic carbocycles. The molecule has 6 heteroatoms. The molecule has 2 aromatic rings. The van der Waals surface area contributed by atoms with Gasteiger partial charge >= 0.3 is 11.9 Å². The van der Waals surface area contributed by atoms with E-state index < -0.39 is 17.5 Å². The topological polar surface area (TPSA) is 98.1 Å². The summed E-state index contributed by atoms with van der Waals surface area (Å²) in [6, 6.07) is 18.2. The number of aliphatic carboxylic acids is 2. The second-order valence-electron chi connectivity index (χ2n) is 6.77. The van der Waals surface area contributed by atoms with E-state index >= 15 is 0 Å². The predicted octanol–water partition coefficient (Wildman–Crippen LogP) is 2.58. The third-order valence-corrected chi connectivity index (χ3v) is 4.24. The Hall–Kier alpha value is -2.70. The number of carboxylic acids is 2. The number of nitrogens with zero attached hydrogens (tertiary/aromatic N) is 1. The molecule has 2 atom stereocenters. The molecule has 146 valence electrons. The van der Waals surface area contributed by atoms with E-state index in [1.165, 1.54) is 5.56 Å². The minimum absolute atomic E-state index is 0.0811. The van der Waals surface area contributed by atoms with E-state index in [0.29, 0.717) is 0 Å². The molecular formula is C21H27NO5. The number of carboxylic acid groups (broad SMARTS) is 2. The van der Waals surface area contributed by atoms with Crippen molar-refractivity contribution in [2.45, 2.75) is 19.4 Å². The van der Waals surface area contributed by atoms with E-state index in [4.69, 9.17) is 19.8 Å². The van der Waals surface area contributed by atoms with Crippen LogP contribution in [0, 0.1) is 12.8 Å². The quantitative estimate of drug-likeness (QED) is 0.697. The molecule has 0 aromatic heterocycles. The molecule has 0 spiro atoms. The van der Waals surface area contributed by atoms with Gasteiger partial charge in [-0.15, -0.1) is 0 Å². The Labute approximate surface area is 159 Å². The summed E-state index contributed by atoms with van der Waals surface area (Å²) in [6.45, 7) is 4.99. The van der Waals surface area contributed by atoms with Gasteiger partial charge in [0.2, 0.25) is 0 Å². The largest absolute Gasteiger partial charge is 0.473 e. The molecule has 2 unspecified atom stereocenters. The lowest BCUT2D eigenvalue weighted by Crippen LogP contribution is -2.40. The summed E-state index contributed by atoms with van der Waals surface area (Å²) in [5.74, 6) is -3.57. The lowest BCUT2D eigenvalue weighted by atomic mass is 9.76. The monoisotopic (exact) mass is 373 g/mol. The number of hydrogen-bond donors (Lipinski definition) is 3. The molecule has 0 aliphatic heterocycles. The highest BCUT2D eigenvalue weighted by molar-refractivity contribution is 6.27. The van der Waals surface area contributed by atoms with Gasteiger partial charge in [0.05, 0.1) is 0 Å². The summed E-state index contributed by atoms with van der Waals surface area (Å²) in [5, 5.41) is 26.3. The third-order valence-electron chi connectivity index (χ3n) is 4.24. The molecule has 0 amide bonds. The van der Waals surface area contributed by atoms with E-state index in [2.05, 4.69) is 30.9 Å². The molecule has 3 N–H and O–H groups in total. The van der Waals surface area contributed by atoms with Crippen molar-refractivity contribution in [1.29, 1.82) is 0 Å². The van der Waals surface area contributed by atoms with E-state index in [0.717, 1.165) is 17.7 Å². The number of carbonyl (C=O) groups is 2. The van der Waals surface area contributed by atoms with E-state index in [-0.39, 0.29) is 5.92 Å². The van der Waals surface area contributed by atoms with Crippen LogP contribution in [-0.2, 0) is 15.2 Å². The second-order valence-corrected chi connectivity index (χ2v) is 6.77. The molecule has 0 saturated heterocycles. The summed E-state index contributed by atoms with van der Waals surface area (Å²) in [5.41, 5.74) is 2.13. The maximum absolute atomic E-state index is 11.5. The van der Waals surface area contributed by atoms with Crippen LogP contribution in [0.25, 0.3) is 0 Å². The highest BCUT2D eigenvalue weighted by Gasteiger charge is 2.37. The molecule has 2 rings (SSSR count).